The van der Waals surface area contributed by atoms with E-state index in [1.54, 1.807) is 14.2 Å². The minimum Gasteiger partial charge on any atom is -0.398 e. The molecule has 0 aliphatic carbocycles. The fourth-order valence-electron chi connectivity index (χ4n) is 1.58. The van der Waals surface area contributed by atoms with Gasteiger partial charge in [-0.1, -0.05) is 6.92 Å². The van der Waals surface area contributed by atoms with Crippen LogP contribution in [0.2, 0.25) is 12.1 Å². The third-order valence-corrected chi connectivity index (χ3v) is 6.52. The minimum absolute atomic E-state index is 0.364. The molecule has 5 heteroatoms. The molecule has 1 unspecified atom stereocenters. The van der Waals surface area contributed by atoms with Gasteiger partial charge in [0.1, 0.15) is 6.10 Å². The van der Waals surface area contributed by atoms with Gasteiger partial charge in [-0.05, 0) is 18.5 Å². The second kappa shape index (κ2) is 6.60. The van der Waals surface area contributed by atoms with Gasteiger partial charge in [0.2, 0.25) is 0 Å². The molecular formula is C10H22O4Si. The zero-order valence-electron chi connectivity index (χ0n) is 9.95. The normalized spacial score (nSPS) is 20.6. The van der Waals surface area contributed by atoms with E-state index in [4.69, 9.17) is 18.3 Å². The molecule has 4 nitrogen and oxygen atoms in total. The van der Waals surface area contributed by atoms with Crippen LogP contribution in [0.15, 0.2) is 0 Å². The van der Waals surface area contributed by atoms with Crippen molar-refractivity contribution in [3.8, 4) is 0 Å². The summed E-state index contributed by atoms with van der Waals surface area (Å²) in [6.45, 7) is 4.50. The van der Waals surface area contributed by atoms with Crippen LogP contribution in [-0.4, -0.2) is 48.7 Å². The van der Waals surface area contributed by atoms with Crippen molar-refractivity contribution in [2.75, 3.05) is 34.0 Å². The number of ether oxygens (including phenoxy) is 2. The first-order valence-electron chi connectivity index (χ1n) is 5.56. The summed E-state index contributed by atoms with van der Waals surface area (Å²) in [5, 5.41) is 0. The van der Waals surface area contributed by atoms with Crippen molar-refractivity contribution in [1.29, 1.82) is 0 Å². The Morgan fingerprint density at radius 3 is 2.47 bits per heavy atom. The van der Waals surface area contributed by atoms with Crippen LogP contribution < -0.4 is 0 Å². The lowest BCUT2D eigenvalue weighted by Crippen LogP contribution is -2.39. The molecule has 1 fully saturated rings. The number of rotatable bonds is 9. The molecule has 1 rings (SSSR count). The van der Waals surface area contributed by atoms with Gasteiger partial charge >= 0.3 is 8.56 Å². The zero-order chi connectivity index (χ0) is 11.1. The van der Waals surface area contributed by atoms with Gasteiger partial charge in [0.25, 0.3) is 0 Å². The lowest BCUT2D eigenvalue weighted by Gasteiger charge is -2.25. The van der Waals surface area contributed by atoms with Crippen LogP contribution in [0, 0.1) is 0 Å². The summed E-state index contributed by atoms with van der Waals surface area (Å²) in [6, 6.07) is 1.99. The average Bonchev–Trinajstić information content (AvgIpc) is 3.08. The van der Waals surface area contributed by atoms with E-state index in [2.05, 4.69) is 6.92 Å². The predicted molar refractivity (Wildman–Crippen MR) is 60.2 cm³/mol. The van der Waals surface area contributed by atoms with Gasteiger partial charge in [-0.15, -0.1) is 0 Å². The van der Waals surface area contributed by atoms with Crippen LogP contribution >= 0.6 is 0 Å². The predicted octanol–water partition coefficient (Wildman–Crippen LogP) is 1.55. The van der Waals surface area contributed by atoms with Crippen molar-refractivity contribution < 1.29 is 18.3 Å². The number of epoxide rings is 1. The molecule has 0 aromatic rings. The SMILES string of the molecule is CC[Si](CCCOCC1CO1)(OC)OC. The van der Waals surface area contributed by atoms with E-state index in [1.807, 2.05) is 0 Å². The topological polar surface area (TPSA) is 40.2 Å². The Hall–Kier alpha value is 0.0569. The summed E-state index contributed by atoms with van der Waals surface area (Å²) >= 11 is 0. The highest BCUT2D eigenvalue weighted by molar-refractivity contribution is 6.67. The van der Waals surface area contributed by atoms with Crippen LogP contribution in [-0.2, 0) is 18.3 Å². The van der Waals surface area contributed by atoms with Crippen molar-refractivity contribution >= 4 is 8.56 Å². The standard InChI is InChI=1S/C10H22O4Si/c1-4-15(11-2,12-3)7-5-6-13-8-10-9-14-10/h10H,4-9H2,1-3H3. The molecule has 0 aromatic heterocycles. The van der Waals surface area contributed by atoms with Crippen molar-refractivity contribution in [2.45, 2.75) is 31.5 Å². The molecule has 0 amide bonds. The Morgan fingerprint density at radius 1 is 1.33 bits per heavy atom. The number of hydrogen-bond donors (Lipinski definition) is 0. The van der Waals surface area contributed by atoms with Gasteiger partial charge in [0, 0.05) is 20.8 Å². The Morgan fingerprint density at radius 2 is 2.00 bits per heavy atom. The minimum atomic E-state index is -1.89. The van der Waals surface area contributed by atoms with Gasteiger partial charge in [-0.3, -0.25) is 0 Å². The van der Waals surface area contributed by atoms with Crippen molar-refractivity contribution in [1.82, 2.24) is 0 Å². The molecule has 15 heavy (non-hydrogen) atoms. The third-order valence-electron chi connectivity index (χ3n) is 2.84. The Bertz CT molecular complexity index is 161. The monoisotopic (exact) mass is 234 g/mol. The molecule has 90 valence electrons. The summed E-state index contributed by atoms with van der Waals surface area (Å²) in [4.78, 5) is 0. The average molecular weight is 234 g/mol. The lowest BCUT2D eigenvalue weighted by molar-refractivity contribution is 0.114. The van der Waals surface area contributed by atoms with Crippen LogP contribution in [0.5, 0.6) is 0 Å². The maximum atomic E-state index is 5.51. The Balaban J connectivity index is 2.04. The van der Waals surface area contributed by atoms with E-state index >= 15 is 0 Å². The molecule has 1 atom stereocenters. The first-order valence-corrected chi connectivity index (χ1v) is 7.79. The molecule has 1 aliphatic heterocycles. The van der Waals surface area contributed by atoms with Crippen LogP contribution in [0.1, 0.15) is 13.3 Å². The largest absolute Gasteiger partial charge is 0.398 e. The van der Waals surface area contributed by atoms with Gasteiger partial charge in [-0.2, -0.15) is 0 Å². The molecule has 0 spiro atoms. The highest BCUT2D eigenvalue weighted by Gasteiger charge is 2.32. The second-order valence-corrected chi connectivity index (χ2v) is 7.65. The van der Waals surface area contributed by atoms with E-state index in [0.29, 0.717) is 6.10 Å². The summed E-state index contributed by atoms with van der Waals surface area (Å²) in [5.74, 6) is 0. The van der Waals surface area contributed by atoms with Crippen LogP contribution in [0.3, 0.4) is 0 Å². The van der Waals surface area contributed by atoms with Crippen molar-refractivity contribution in [2.24, 2.45) is 0 Å². The van der Waals surface area contributed by atoms with E-state index in [-0.39, 0.29) is 0 Å². The van der Waals surface area contributed by atoms with E-state index in [1.165, 1.54) is 0 Å². The Labute approximate surface area is 93.1 Å². The van der Waals surface area contributed by atoms with E-state index in [0.717, 1.165) is 38.3 Å². The first kappa shape index (κ1) is 13.1. The maximum absolute atomic E-state index is 5.51. The summed E-state index contributed by atoms with van der Waals surface area (Å²) in [5.41, 5.74) is 0. The zero-order valence-corrected chi connectivity index (χ0v) is 11.0. The molecule has 1 heterocycles. The fourth-order valence-corrected chi connectivity index (χ4v) is 3.76. The van der Waals surface area contributed by atoms with Crippen molar-refractivity contribution in [3.63, 3.8) is 0 Å². The first-order chi connectivity index (χ1) is 7.26. The molecule has 0 N–H and O–H groups in total. The molecule has 0 aromatic carbocycles. The van der Waals surface area contributed by atoms with Gasteiger partial charge in [-0.25, -0.2) is 0 Å². The lowest BCUT2D eigenvalue weighted by atomic mass is 10.5. The van der Waals surface area contributed by atoms with Gasteiger partial charge < -0.3 is 18.3 Å². The quantitative estimate of drug-likeness (QED) is 0.345. The van der Waals surface area contributed by atoms with E-state index in [9.17, 15) is 0 Å². The van der Waals surface area contributed by atoms with Crippen LogP contribution in [0.4, 0.5) is 0 Å². The molecule has 0 bridgehead atoms. The molecule has 1 aliphatic rings. The smallest absolute Gasteiger partial charge is 0.337 e. The molecule has 0 radical (unpaired) electrons. The maximum Gasteiger partial charge on any atom is 0.337 e. The van der Waals surface area contributed by atoms with Crippen LogP contribution in [0.25, 0.3) is 0 Å². The number of hydrogen-bond acceptors (Lipinski definition) is 4. The van der Waals surface area contributed by atoms with Crippen molar-refractivity contribution in [3.05, 3.63) is 0 Å². The molecule has 1 saturated heterocycles. The summed E-state index contributed by atoms with van der Waals surface area (Å²) in [6.07, 6.45) is 1.37. The Kier molecular flexibility index (Phi) is 5.77. The molecular weight excluding hydrogens is 212 g/mol. The summed E-state index contributed by atoms with van der Waals surface area (Å²) in [7, 11) is 1.61. The van der Waals surface area contributed by atoms with Gasteiger partial charge in [0.15, 0.2) is 0 Å². The third kappa shape index (κ3) is 4.61. The molecule has 0 saturated carbocycles. The van der Waals surface area contributed by atoms with E-state index < -0.39 is 8.56 Å². The summed E-state index contributed by atoms with van der Waals surface area (Å²) < 4.78 is 21.6. The fraction of sp³-hybridized carbons (Fsp3) is 1.00. The second-order valence-electron chi connectivity index (χ2n) is 3.81. The van der Waals surface area contributed by atoms with Gasteiger partial charge in [0.05, 0.1) is 13.2 Å². The highest BCUT2D eigenvalue weighted by atomic mass is 28.4. The highest BCUT2D eigenvalue weighted by Crippen LogP contribution is 2.19.